The standard InChI is InChI=1S/C14H19ClN2O2/c1-16(2)10-5-4-8-17(9-10)12-7-3-6-11(15)13(12)14(18)19/h3,6-7,10H,4-5,8-9H2,1-2H3,(H,18,19). The van der Waals surface area contributed by atoms with Crippen LogP contribution in [0.25, 0.3) is 0 Å². The van der Waals surface area contributed by atoms with Crippen LogP contribution in [0.4, 0.5) is 5.69 Å². The zero-order valence-corrected chi connectivity index (χ0v) is 12.0. The highest BCUT2D eigenvalue weighted by Gasteiger charge is 2.25. The highest BCUT2D eigenvalue weighted by molar-refractivity contribution is 6.34. The Hall–Kier alpha value is -1.26. The zero-order chi connectivity index (χ0) is 14.0. The Kier molecular flexibility index (Phi) is 4.32. The maximum absolute atomic E-state index is 11.4. The highest BCUT2D eigenvalue weighted by Crippen LogP contribution is 2.30. The topological polar surface area (TPSA) is 43.8 Å². The fraction of sp³-hybridized carbons (Fsp3) is 0.500. The quantitative estimate of drug-likeness (QED) is 0.925. The second-order valence-electron chi connectivity index (χ2n) is 5.14. The molecule has 1 aromatic rings. The molecule has 1 unspecified atom stereocenters. The minimum absolute atomic E-state index is 0.212. The van der Waals surface area contributed by atoms with Gasteiger partial charge in [-0.25, -0.2) is 4.79 Å². The van der Waals surface area contributed by atoms with Gasteiger partial charge in [-0.05, 0) is 39.1 Å². The van der Waals surface area contributed by atoms with Gasteiger partial charge in [-0.1, -0.05) is 17.7 Å². The fourth-order valence-corrected chi connectivity index (χ4v) is 2.83. The lowest BCUT2D eigenvalue weighted by Gasteiger charge is -2.38. The van der Waals surface area contributed by atoms with E-state index in [0.29, 0.717) is 11.1 Å². The number of aromatic carboxylic acids is 1. The molecule has 4 nitrogen and oxygen atoms in total. The summed E-state index contributed by atoms with van der Waals surface area (Å²) in [7, 11) is 4.12. The smallest absolute Gasteiger partial charge is 0.339 e. The maximum Gasteiger partial charge on any atom is 0.339 e. The van der Waals surface area contributed by atoms with Crippen molar-refractivity contribution in [2.75, 3.05) is 32.1 Å². The first-order valence-corrected chi connectivity index (χ1v) is 6.81. The second-order valence-corrected chi connectivity index (χ2v) is 5.55. The van der Waals surface area contributed by atoms with Crippen LogP contribution < -0.4 is 4.90 Å². The van der Waals surface area contributed by atoms with E-state index in [-0.39, 0.29) is 5.56 Å². The lowest BCUT2D eigenvalue weighted by molar-refractivity contribution is 0.0697. The molecule has 0 radical (unpaired) electrons. The van der Waals surface area contributed by atoms with Crippen molar-refractivity contribution in [2.24, 2.45) is 0 Å². The van der Waals surface area contributed by atoms with Crippen molar-refractivity contribution in [3.8, 4) is 0 Å². The summed E-state index contributed by atoms with van der Waals surface area (Å²) in [5.41, 5.74) is 0.940. The lowest BCUT2D eigenvalue weighted by atomic mass is 10.0. The van der Waals surface area contributed by atoms with Gasteiger partial charge in [-0.2, -0.15) is 0 Å². The van der Waals surface area contributed by atoms with Gasteiger partial charge in [-0.15, -0.1) is 0 Å². The lowest BCUT2D eigenvalue weighted by Crippen LogP contribution is -2.45. The van der Waals surface area contributed by atoms with E-state index in [4.69, 9.17) is 11.6 Å². The third kappa shape index (κ3) is 3.01. The number of carboxylic acids is 1. The van der Waals surface area contributed by atoms with Crippen LogP contribution >= 0.6 is 11.6 Å². The average molecular weight is 283 g/mol. The van der Waals surface area contributed by atoms with Crippen LogP contribution in [-0.2, 0) is 0 Å². The molecule has 1 aliphatic heterocycles. The van der Waals surface area contributed by atoms with Crippen LogP contribution in [0.15, 0.2) is 18.2 Å². The van der Waals surface area contributed by atoms with E-state index in [1.165, 1.54) is 0 Å². The molecule has 0 bridgehead atoms. The summed E-state index contributed by atoms with van der Waals surface area (Å²) in [4.78, 5) is 15.7. The number of benzene rings is 1. The first kappa shape index (κ1) is 14.2. The van der Waals surface area contributed by atoms with Crippen molar-refractivity contribution < 1.29 is 9.90 Å². The molecule has 0 aliphatic carbocycles. The Morgan fingerprint density at radius 2 is 2.21 bits per heavy atom. The largest absolute Gasteiger partial charge is 0.478 e. The van der Waals surface area contributed by atoms with Gasteiger partial charge in [0, 0.05) is 19.1 Å². The Morgan fingerprint density at radius 1 is 1.47 bits per heavy atom. The Bertz CT molecular complexity index is 477. The van der Waals surface area contributed by atoms with E-state index in [2.05, 4.69) is 23.9 Å². The molecule has 1 saturated heterocycles. The zero-order valence-electron chi connectivity index (χ0n) is 11.3. The maximum atomic E-state index is 11.4. The third-order valence-corrected chi connectivity index (χ3v) is 3.99. The van der Waals surface area contributed by atoms with Gasteiger partial charge in [0.05, 0.1) is 10.7 Å². The normalized spacial score (nSPS) is 19.8. The molecule has 1 aromatic carbocycles. The predicted octanol–water partition coefficient (Wildman–Crippen LogP) is 2.57. The molecule has 0 amide bonds. The molecule has 5 heteroatoms. The summed E-state index contributed by atoms with van der Waals surface area (Å²) in [5.74, 6) is -0.965. The molecule has 19 heavy (non-hydrogen) atoms. The predicted molar refractivity (Wildman–Crippen MR) is 77.3 cm³/mol. The molecule has 1 atom stereocenters. The Morgan fingerprint density at radius 3 is 2.84 bits per heavy atom. The van der Waals surface area contributed by atoms with Crippen LogP contribution in [0.5, 0.6) is 0 Å². The Labute approximate surface area is 118 Å². The fourth-order valence-electron chi connectivity index (χ4n) is 2.58. The van der Waals surface area contributed by atoms with Crippen molar-refractivity contribution in [3.05, 3.63) is 28.8 Å². The summed E-state index contributed by atoms with van der Waals surface area (Å²) in [5, 5.41) is 9.63. The third-order valence-electron chi connectivity index (χ3n) is 3.67. The molecule has 0 aromatic heterocycles. The number of likely N-dealkylation sites (N-methyl/N-ethyl adjacent to an activating group) is 1. The van der Waals surface area contributed by atoms with E-state index in [0.717, 1.165) is 31.6 Å². The summed E-state index contributed by atoms with van der Waals surface area (Å²) < 4.78 is 0. The molecule has 1 heterocycles. The van der Waals surface area contributed by atoms with Gasteiger partial charge in [0.15, 0.2) is 0 Å². The highest BCUT2D eigenvalue weighted by atomic mass is 35.5. The number of rotatable bonds is 3. The number of hydrogen-bond acceptors (Lipinski definition) is 3. The van der Waals surface area contributed by atoms with Crippen molar-refractivity contribution in [3.63, 3.8) is 0 Å². The van der Waals surface area contributed by atoms with Gasteiger partial charge in [-0.3, -0.25) is 0 Å². The molecule has 1 aliphatic rings. The van der Waals surface area contributed by atoms with E-state index < -0.39 is 5.97 Å². The summed E-state index contributed by atoms with van der Waals surface area (Å²) in [6.45, 7) is 1.72. The van der Waals surface area contributed by atoms with Gasteiger partial charge < -0.3 is 14.9 Å². The monoisotopic (exact) mass is 282 g/mol. The van der Waals surface area contributed by atoms with E-state index >= 15 is 0 Å². The van der Waals surface area contributed by atoms with Gasteiger partial charge in [0.25, 0.3) is 0 Å². The summed E-state index contributed by atoms with van der Waals surface area (Å²) in [6, 6.07) is 5.73. The number of nitrogens with zero attached hydrogens (tertiary/aromatic N) is 2. The average Bonchev–Trinajstić information content (AvgIpc) is 2.38. The molecular weight excluding hydrogens is 264 g/mol. The van der Waals surface area contributed by atoms with E-state index in [9.17, 15) is 9.90 Å². The molecular formula is C14H19ClN2O2. The van der Waals surface area contributed by atoms with Crippen LogP contribution in [0, 0.1) is 0 Å². The SMILES string of the molecule is CN(C)C1CCCN(c2cccc(Cl)c2C(=O)O)C1. The summed E-state index contributed by atoms with van der Waals surface area (Å²) in [6.07, 6.45) is 2.21. The van der Waals surface area contributed by atoms with E-state index in [1.807, 2.05) is 12.1 Å². The first-order valence-electron chi connectivity index (χ1n) is 6.44. The number of carboxylic acid groups (broad SMARTS) is 1. The van der Waals surface area contributed by atoms with Crippen molar-refractivity contribution in [1.29, 1.82) is 0 Å². The van der Waals surface area contributed by atoms with Gasteiger partial charge in [0.1, 0.15) is 5.56 Å². The van der Waals surface area contributed by atoms with E-state index in [1.54, 1.807) is 6.07 Å². The molecule has 0 spiro atoms. The number of piperidine rings is 1. The van der Waals surface area contributed by atoms with Gasteiger partial charge >= 0.3 is 5.97 Å². The number of halogens is 1. The molecule has 0 saturated carbocycles. The van der Waals surface area contributed by atoms with Crippen LogP contribution in [0.3, 0.4) is 0 Å². The molecule has 1 fully saturated rings. The number of anilines is 1. The van der Waals surface area contributed by atoms with Crippen molar-refractivity contribution >= 4 is 23.3 Å². The first-order chi connectivity index (χ1) is 9.00. The second kappa shape index (κ2) is 5.80. The molecule has 2 rings (SSSR count). The van der Waals surface area contributed by atoms with Crippen LogP contribution in [-0.4, -0.2) is 49.2 Å². The molecule has 104 valence electrons. The summed E-state index contributed by atoms with van der Waals surface area (Å²) >= 11 is 6.02. The Balaban J connectivity index is 2.31. The van der Waals surface area contributed by atoms with Crippen molar-refractivity contribution in [1.82, 2.24) is 4.90 Å². The minimum Gasteiger partial charge on any atom is -0.478 e. The van der Waals surface area contributed by atoms with Gasteiger partial charge in [0.2, 0.25) is 0 Å². The molecule has 1 N–H and O–H groups in total. The number of carbonyl (C=O) groups is 1. The van der Waals surface area contributed by atoms with Crippen LogP contribution in [0.2, 0.25) is 5.02 Å². The van der Waals surface area contributed by atoms with Crippen molar-refractivity contribution in [2.45, 2.75) is 18.9 Å². The minimum atomic E-state index is -0.965. The van der Waals surface area contributed by atoms with Crippen LogP contribution in [0.1, 0.15) is 23.2 Å². The number of hydrogen-bond donors (Lipinski definition) is 1.